The Labute approximate surface area is 137 Å². The molecule has 0 unspecified atom stereocenters. The van der Waals surface area contributed by atoms with Gasteiger partial charge in [0.1, 0.15) is 11.3 Å². The molecular weight excluding hydrogens is 316 g/mol. The first-order valence-electron chi connectivity index (χ1n) is 6.83. The maximum Gasteiger partial charge on any atom is 0.261 e. The molecule has 0 bridgehead atoms. The van der Waals surface area contributed by atoms with Gasteiger partial charge < -0.3 is 14.6 Å². The Balaban J connectivity index is 1.84. The second-order valence-electron chi connectivity index (χ2n) is 4.76. The van der Waals surface area contributed by atoms with Crippen molar-refractivity contribution in [1.29, 1.82) is 0 Å². The number of hydrogen-bond acceptors (Lipinski definition) is 4. The van der Waals surface area contributed by atoms with Gasteiger partial charge in [0.05, 0.1) is 13.3 Å². The van der Waals surface area contributed by atoms with Crippen LogP contribution in [0, 0.1) is 0 Å². The van der Waals surface area contributed by atoms with E-state index in [4.69, 9.17) is 20.9 Å². The van der Waals surface area contributed by atoms with Crippen molar-refractivity contribution in [3.8, 4) is 17.1 Å². The number of nitrogens with one attached hydrogen (secondary N) is 1. The van der Waals surface area contributed by atoms with Gasteiger partial charge in [0.15, 0.2) is 5.76 Å². The number of carbonyl (C=O) groups is 1. The summed E-state index contributed by atoms with van der Waals surface area (Å²) in [7, 11) is 1.59. The molecule has 1 heterocycles. The Morgan fingerprint density at radius 3 is 2.48 bits per heavy atom. The van der Waals surface area contributed by atoms with Crippen LogP contribution in [0.4, 0.5) is 5.69 Å². The Morgan fingerprint density at radius 1 is 1.13 bits per heavy atom. The first-order valence-corrected chi connectivity index (χ1v) is 7.21. The SMILES string of the molecule is COc1ccc(-c2oncc2C(=O)Nc2ccc(Cl)cc2)cc1. The fraction of sp³-hybridized carbons (Fsp3) is 0.0588. The third kappa shape index (κ3) is 3.35. The van der Waals surface area contributed by atoms with E-state index in [0.717, 1.165) is 11.3 Å². The summed E-state index contributed by atoms with van der Waals surface area (Å²) in [6.07, 6.45) is 1.39. The Morgan fingerprint density at radius 2 is 1.83 bits per heavy atom. The topological polar surface area (TPSA) is 64.4 Å². The molecule has 116 valence electrons. The van der Waals surface area contributed by atoms with Crippen LogP contribution in [0.2, 0.25) is 5.02 Å². The average Bonchev–Trinajstić information content (AvgIpc) is 3.07. The molecule has 2 aromatic carbocycles. The van der Waals surface area contributed by atoms with Crippen LogP contribution < -0.4 is 10.1 Å². The molecule has 0 aliphatic carbocycles. The number of amides is 1. The maximum atomic E-state index is 12.4. The van der Waals surface area contributed by atoms with Gasteiger partial charge in [0.25, 0.3) is 5.91 Å². The standard InChI is InChI=1S/C17H13ClN2O3/c1-22-14-8-2-11(3-9-14)16-15(10-19-23-16)17(21)20-13-6-4-12(18)5-7-13/h2-10H,1H3,(H,20,21). The molecule has 3 aromatic rings. The summed E-state index contributed by atoms with van der Waals surface area (Å²) < 4.78 is 10.3. The zero-order valence-electron chi connectivity index (χ0n) is 12.2. The highest BCUT2D eigenvalue weighted by Gasteiger charge is 2.18. The number of methoxy groups -OCH3 is 1. The van der Waals surface area contributed by atoms with Crippen molar-refractivity contribution in [2.75, 3.05) is 12.4 Å². The monoisotopic (exact) mass is 328 g/mol. The lowest BCUT2D eigenvalue weighted by molar-refractivity contribution is 0.102. The minimum Gasteiger partial charge on any atom is -0.497 e. The molecule has 0 aliphatic heterocycles. The molecule has 1 aromatic heterocycles. The molecule has 0 fully saturated rings. The summed E-state index contributed by atoms with van der Waals surface area (Å²) in [5.74, 6) is 0.818. The van der Waals surface area contributed by atoms with E-state index in [1.54, 1.807) is 55.6 Å². The summed E-state index contributed by atoms with van der Waals surface area (Å²) in [5, 5.41) is 7.12. The van der Waals surface area contributed by atoms with E-state index < -0.39 is 0 Å². The lowest BCUT2D eigenvalue weighted by Gasteiger charge is -2.05. The molecule has 0 saturated carbocycles. The number of carbonyl (C=O) groups excluding carboxylic acids is 1. The highest BCUT2D eigenvalue weighted by molar-refractivity contribution is 6.30. The Hall–Kier alpha value is -2.79. The lowest BCUT2D eigenvalue weighted by atomic mass is 10.1. The first kappa shape index (κ1) is 15.1. The third-order valence-corrected chi connectivity index (χ3v) is 3.52. The van der Waals surface area contributed by atoms with Crippen LogP contribution in [-0.4, -0.2) is 18.2 Å². The van der Waals surface area contributed by atoms with E-state index >= 15 is 0 Å². The van der Waals surface area contributed by atoms with Gasteiger partial charge in [-0.2, -0.15) is 0 Å². The summed E-state index contributed by atoms with van der Waals surface area (Å²) >= 11 is 5.83. The number of rotatable bonds is 4. The number of aromatic nitrogens is 1. The highest BCUT2D eigenvalue weighted by atomic mass is 35.5. The van der Waals surface area contributed by atoms with E-state index in [2.05, 4.69) is 10.5 Å². The van der Waals surface area contributed by atoms with Gasteiger partial charge in [0.2, 0.25) is 0 Å². The maximum absolute atomic E-state index is 12.4. The van der Waals surface area contributed by atoms with E-state index in [1.807, 2.05) is 0 Å². The number of halogens is 1. The predicted molar refractivity (Wildman–Crippen MR) is 87.9 cm³/mol. The van der Waals surface area contributed by atoms with Crippen molar-refractivity contribution in [2.45, 2.75) is 0 Å². The van der Waals surface area contributed by atoms with Crippen molar-refractivity contribution in [2.24, 2.45) is 0 Å². The normalized spacial score (nSPS) is 10.3. The van der Waals surface area contributed by atoms with Gasteiger partial charge in [0, 0.05) is 16.3 Å². The second kappa shape index (κ2) is 6.54. The zero-order valence-corrected chi connectivity index (χ0v) is 13.0. The fourth-order valence-electron chi connectivity index (χ4n) is 2.08. The summed E-state index contributed by atoms with van der Waals surface area (Å²) in [5.41, 5.74) is 1.73. The van der Waals surface area contributed by atoms with Crippen molar-refractivity contribution in [3.05, 3.63) is 65.3 Å². The van der Waals surface area contributed by atoms with Crippen LogP contribution in [0.15, 0.2) is 59.3 Å². The van der Waals surface area contributed by atoms with Gasteiger partial charge in [-0.25, -0.2) is 0 Å². The number of ether oxygens (including phenoxy) is 1. The molecule has 6 heteroatoms. The third-order valence-electron chi connectivity index (χ3n) is 3.27. The largest absolute Gasteiger partial charge is 0.497 e. The fourth-order valence-corrected chi connectivity index (χ4v) is 2.21. The number of nitrogens with zero attached hydrogens (tertiary/aromatic N) is 1. The predicted octanol–water partition coefficient (Wildman–Crippen LogP) is 4.26. The molecule has 0 spiro atoms. The molecule has 3 rings (SSSR count). The molecule has 0 atom stereocenters. The minimum atomic E-state index is -0.306. The minimum absolute atomic E-state index is 0.306. The molecule has 5 nitrogen and oxygen atoms in total. The Kier molecular flexibility index (Phi) is 4.30. The molecular formula is C17H13ClN2O3. The van der Waals surface area contributed by atoms with Crippen molar-refractivity contribution >= 4 is 23.2 Å². The zero-order chi connectivity index (χ0) is 16.2. The van der Waals surface area contributed by atoms with E-state index in [-0.39, 0.29) is 5.91 Å². The molecule has 1 N–H and O–H groups in total. The van der Waals surface area contributed by atoms with Crippen molar-refractivity contribution in [3.63, 3.8) is 0 Å². The summed E-state index contributed by atoms with van der Waals surface area (Å²) in [6.45, 7) is 0. The van der Waals surface area contributed by atoms with E-state index in [1.165, 1.54) is 6.20 Å². The van der Waals surface area contributed by atoms with Gasteiger partial charge >= 0.3 is 0 Å². The van der Waals surface area contributed by atoms with Crippen LogP contribution in [0.3, 0.4) is 0 Å². The highest BCUT2D eigenvalue weighted by Crippen LogP contribution is 2.26. The van der Waals surface area contributed by atoms with Crippen LogP contribution in [0.5, 0.6) is 5.75 Å². The molecule has 0 radical (unpaired) electrons. The summed E-state index contributed by atoms with van der Waals surface area (Å²) in [4.78, 5) is 12.4. The van der Waals surface area contributed by atoms with Gasteiger partial charge in [-0.1, -0.05) is 16.8 Å². The van der Waals surface area contributed by atoms with E-state index in [0.29, 0.717) is 22.0 Å². The van der Waals surface area contributed by atoms with Gasteiger partial charge in [-0.15, -0.1) is 0 Å². The van der Waals surface area contributed by atoms with Crippen LogP contribution in [0.1, 0.15) is 10.4 Å². The average molecular weight is 329 g/mol. The smallest absolute Gasteiger partial charge is 0.261 e. The Bertz CT molecular complexity index is 811. The molecule has 23 heavy (non-hydrogen) atoms. The van der Waals surface area contributed by atoms with Crippen LogP contribution in [0.25, 0.3) is 11.3 Å². The van der Waals surface area contributed by atoms with Crippen LogP contribution >= 0.6 is 11.6 Å². The number of benzene rings is 2. The number of hydrogen-bond donors (Lipinski definition) is 1. The molecule has 1 amide bonds. The second-order valence-corrected chi connectivity index (χ2v) is 5.19. The van der Waals surface area contributed by atoms with Crippen molar-refractivity contribution < 1.29 is 14.1 Å². The van der Waals surface area contributed by atoms with Gasteiger partial charge in [-0.3, -0.25) is 4.79 Å². The molecule has 0 aliphatic rings. The van der Waals surface area contributed by atoms with E-state index in [9.17, 15) is 4.79 Å². The summed E-state index contributed by atoms with van der Waals surface area (Å²) in [6, 6.07) is 14.0. The first-order chi connectivity index (χ1) is 11.2. The quantitative estimate of drug-likeness (QED) is 0.777. The van der Waals surface area contributed by atoms with Gasteiger partial charge in [-0.05, 0) is 48.5 Å². The van der Waals surface area contributed by atoms with Crippen molar-refractivity contribution in [1.82, 2.24) is 5.16 Å². The van der Waals surface area contributed by atoms with Crippen LogP contribution in [-0.2, 0) is 0 Å². The lowest BCUT2D eigenvalue weighted by Crippen LogP contribution is -2.11. The number of anilines is 1. The molecule has 0 saturated heterocycles.